The quantitative estimate of drug-likeness (QED) is 0.757. The summed E-state index contributed by atoms with van der Waals surface area (Å²) in [6.07, 6.45) is 4.10. The maximum Gasteiger partial charge on any atom is 0.0551 e. The Kier molecular flexibility index (Phi) is 3.82. The summed E-state index contributed by atoms with van der Waals surface area (Å²) in [6, 6.07) is 4.04. The molecule has 3 atom stereocenters. The molecule has 1 aliphatic heterocycles. The third-order valence-corrected chi connectivity index (χ3v) is 3.76. The highest BCUT2D eigenvalue weighted by Crippen LogP contribution is 2.27. The fourth-order valence-electron chi connectivity index (χ4n) is 2.19. The van der Waals surface area contributed by atoms with Crippen LogP contribution in [0.1, 0.15) is 24.6 Å². The summed E-state index contributed by atoms with van der Waals surface area (Å²) in [6.45, 7) is 4.98. The number of rotatable bonds is 3. The predicted molar refractivity (Wildman–Crippen MR) is 65.8 cm³/mol. The zero-order valence-corrected chi connectivity index (χ0v) is 10.6. The number of hydrogen-bond donors (Lipinski definition) is 0. The second-order valence-corrected chi connectivity index (χ2v) is 5.19. The van der Waals surface area contributed by atoms with Crippen molar-refractivity contribution in [2.45, 2.75) is 38.2 Å². The van der Waals surface area contributed by atoms with Crippen LogP contribution in [-0.2, 0) is 11.2 Å². The standard InChI is InChI=1S/C13H18ClNO/c1-9-4-3-5-15-13(9)7-12(14)11-6-10(2)16-8-11/h3-5,10-12H,6-8H2,1-2H3. The van der Waals surface area contributed by atoms with Crippen LogP contribution >= 0.6 is 11.6 Å². The topological polar surface area (TPSA) is 22.1 Å². The Morgan fingerprint density at radius 3 is 3.06 bits per heavy atom. The van der Waals surface area contributed by atoms with Crippen LogP contribution in [0.15, 0.2) is 18.3 Å². The van der Waals surface area contributed by atoms with Crippen LogP contribution in [0.4, 0.5) is 0 Å². The highest BCUT2D eigenvalue weighted by Gasteiger charge is 2.28. The second-order valence-electron chi connectivity index (χ2n) is 4.63. The minimum Gasteiger partial charge on any atom is -0.378 e. The first-order valence-corrected chi connectivity index (χ1v) is 6.26. The first kappa shape index (κ1) is 11.9. The molecule has 2 heterocycles. The van der Waals surface area contributed by atoms with Gasteiger partial charge in [-0.15, -0.1) is 11.6 Å². The average Bonchev–Trinajstić information content (AvgIpc) is 2.68. The van der Waals surface area contributed by atoms with Gasteiger partial charge in [0, 0.05) is 29.6 Å². The van der Waals surface area contributed by atoms with Crippen LogP contribution in [0, 0.1) is 12.8 Å². The third-order valence-electron chi connectivity index (χ3n) is 3.25. The molecule has 16 heavy (non-hydrogen) atoms. The molecule has 0 aromatic carbocycles. The van der Waals surface area contributed by atoms with Crippen molar-refractivity contribution in [1.82, 2.24) is 4.98 Å². The van der Waals surface area contributed by atoms with Gasteiger partial charge in [-0.25, -0.2) is 0 Å². The molecule has 0 radical (unpaired) electrons. The van der Waals surface area contributed by atoms with E-state index in [1.807, 2.05) is 12.3 Å². The van der Waals surface area contributed by atoms with E-state index in [0.717, 1.165) is 25.1 Å². The molecule has 1 aromatic rings. The van der Waals surface area contributed by atoms with E-state index in [0.29, 0.717) is 12.0 Å². The van der Waals surface area contributed by atoms with Crippen molar-refractivity contribution >= 4 is 11.6 Å². The molecule has 88 valence electrons. The van der Waals surface area contributed by atoms with Crippen molar-refractivity contribution in [3.63, 3.8) is 0 Å². The van der Waals surface area contributed by atoms with Crippen molar-refractivity contribution in [2.75, 3.05) is 6.61 Å². The molecule has 2 rings (SSSR count). The largest absolute Gasteiger partial charge is 0.378 e. The maximum atomic E-state index is 6.44. The molecule has 0 amide bonds. The van der Waals surface area contributed by atoms with E-state index in [4.69, 9.17) is 16.3 Å². The van der Waals surface area contributed by atoms with Crippen LogP contribution in [0.25, 0.3) is 0 Å². The molecule has 1 aliphatic rings. The lowest BCUT2D eigenvalue weighted by atomic mass is 9.97. The summed E-state index contributed by atoms with van der Waals surface area (Å²) in [5.41, 5.74) is 2.34. The Bertz CT molecular complexity index is 356. The van der Waals surface area contributed by atoms with Gasteiger partial charge in [-0.3, -0.25) is 4.98 Å². The fourth-order valence-corrected chi connectivity index (χ4v) is 2.51. The van der Waals surface area contributed by atoms with Gasteiger partial charge in [-0.2, -0.15) is 0 Å². The Morgan fingerprint density at radius 2 is 2.44 bits per heavy atom. The molecule has 2 nitrogen and oxygen atoms in total. The number of aromatic nitrogens is 1. The summed E-state index contributed by atoms with van der Waals surface area (Å²) in [5, 5.41) is 0.138. The molecule has 0 saturated carbocycles. The molecular weight excluding hydrogens is 222 g/mol. The molecule has 3 unspecified atom stereocenters. The van der Waals surface area contributed by atoms with E-state index in [1.54, 1.807) is 0 Å². The summed E-state index contributed by atoms with van der Waals surface area (Å²) < 4.78 is 5.55. The summed E-state index contributed by atoms with van der Waals surface area (Å²) in [4.78, 5) is 4.38. The Balaban J connectivity index is 1.97. The highest BCUT2D eigenvalue weighted by atomic mass is 35.5. The van der Waals surface area contributed by atoms with Crippen molar-refractivity contribution in [3.05, 3.63) is 29.6 Å². The van der Waals surface area contributed by atoms with Crippen molar-refractivity contribution < 1.29 is 4.74 Å². The first-order chi connectivity index (χ1) is 7.66. The van der Waals surface area contributed by atoms with Crippen LogP contribution < -0.4 is 0 Å². The van der Waals surface area contributed by atoms with E-state index in [-0.39, 0.29) is 5.38 Å². The van der Waals surface area contributed by atoms with Crippen LogP contribution in [0.5, 0.6) is 0 Å². The first-order valence-electron chi connectivity index (χ1n) is 5.83. The summed E-state index contributed by atoms with van der Waals surface area (Å²) >= 11 is 6.44. The number of hydrogen-bond acceptors (Lipinski definition) is 2. The van der Waals surface area contributed by atoms with E-state index >= 15 is 0 Å². The number of nitrogens with zero attached hydrogens (tertiary/aromatic N) is 1. The Labute approximate surface area is 102 Å². The van der Waals surface area contributed by atoms with E-state index in [1.165, 1.54) is 5.56 Å². The number of pyridine rings is 1. The zero-order chi connectivity index (χ0) is 11.5. The van der Waals surface area contributed by atoms with Gasteiger partial charge < -0.3 is 4.74 Å². The van der Waals surface area contributed by atoms with Gasteiger partial charge in [-0.05, 0) is 31.9 Å². The van der Waals surface area contributed by atoms with Crippen molar-refractivity contribution in [3.8, 4) is 0 Å². The smallest absolute Gasteiger partial charge is 0.0551 e. The highest BCUT2D eigenvalue weighted by molar-refractivity contribution is 6.20. The molecule has 0 aliphatic carbocycles. The number of ether oxygens (including phenoxy) is 1. The third kappa shape index (κ3) is 2.74. The molecule has 0 bridgehead atoms. The van der Waals surface area contributed by atoms with Gasteiger partial charge in [-0.1, -0.05) is 6.07 Å². The molecule has 3 heteroatoms. The monoisotopic (exact) mass is 239 g/mol. The molecule has 0 spiro atoms. The van der Waals surface area contributed by atoms with Crippen LogP contribution in [0.2, 0.25) is 0 Å². The summed E-state index contributed by atoms with van der Waals surface area (Å²) in [5.74, 6) is 0.470. The lowest BCUT2D eigenvalue weighted by Crippen LogP contribution is -2.18. The average molecular weight is 240 g/mol. The van der Waals surface area contributed by atoms with Crippen LogP contribution in [0.3, 0.4) is 0 Å². The van der Waals surface area contributed by atoms with Gasteiger partial charge in [0.25, 0.3) is 0 Å². The van der Waals surface area contributed by atoms with Crippen molar-refractivity contribution in [1.29, 1.82) is 0 Å². The molecule has 1 aromatic heterocycles. The number of aryl methyl sites for hydroxylation is 1. The maximum absolute atomic E-state index is 6.44. The second kappa shape index (κ2) is 5.15. The molecule has 1 fully saturated rings. The van der Waals surface area contributed by atoms with E-state index in [2.05, 4.69) is 24.9 Å². The lowest BCUT2D eigenvalue weighted by Gasteiger charge is -2.15. The molecule has 1 saturated heterocycles. The minimum atomic E-state index is 0.138. The van der Waals surface area contributed by atoms with Gasteiger partial charge in [0.15, 0.2) is 0 Å². The van der Waals surface area contributed by atoms with E-state index < -0.39 is 0 Å². The number of alkyl halides is 1. The summed E-state index contributed by atoms with van der Waals surface area (Å²) in [7, 11) is 0. The van der Waals surface area contributed by atoms with E-state index in [9.17, 15) is 0 Å². The van der Waals surface area contributed by atoms with Gasteiger partial charge in [0.2, 0.25) is 0 Å². The number of halogens is 1. The predicted octanol–water partition coefficient (Wildman–Crippen LogP) is 2.96. The molecule has 0 N–H and O–H groups in total. The SMILES string of the molecule is Cc1cccnc1CC(Cl)C1COC(C)C1. The Morgan fingerprint density at radius 1 is 1.62 bits per heavy atom. The fraction of sp³-hybridized carbons (Fsp3) is 0.615. The van der Waals surface area contributed by atoms with Crippen LogP contribution in [-0.4, -0.2) is 23.1 Å². The Hall–Kier alpha value is -0.600. The molecular formula is C13H18ClNO. The van der Waals surface area contributed by atoms with Gasteiger partial charge in [0.05, 0.1) is 12.7 Å². The zero-order valence-electron chi connectivity index (χ0n) is 9.82. The minimum absolute atomic E-state index is 0.138. The van der Waals surface area contributed by atoms with Gasteiger partial charge >= 0.3 is 0 Å². The van der Waals surface area contributed by atoms with Gasteiger partial charge in [0.1, 0.15) is 0 Å². The lowest BCUT2D eigenvalue weighted by molar-refractivity contribution is 0.119. The van der Waals surface area contributed by atoms with Crippen molar-refractivity contribution in [2.24, 2.45) is 5.92 Å². The normalized spacial score (nSPS) is 26.9.